The fraction of sp³-hybridized carbons (Fsp3) is 0.286. The summed E-state index contributed by atoms with van der Waals surface area (Å²) in [6, 6.07) is 2.88. The predicted octanol–water partition coefficient (Wildman–Crippen LogP) is 3.26. The minimum Gasteiger partial charge on any atom is -0.395 e. The smallest absolute Gasteiger partial charge is 0.276 e. The number of aryl methyl sites for hydroxylation is 3. The zero-order valence-corrected chi connectivity index (χ0v) is 13.6. The van der Waals surface area contributed by atoms with Crippen molar-refractivity contribution >= 4 is 33.2 Å². The molecular formula is C14H16BrFN4O. The Hall–Kier alpha value is -1.89. The first-order chi connectivity index (χ1) is 9.85. The highest BCUT2D eigenvalue weighted by atomic mass is 79.9. The number of carbonyl (C=O) groups is 1. The van der Waals surface area contributed by atoms with Gasteiger partial charge < -0.3 is 11.1 Å². The molecule has 2 aromatic rings. The number of nitrogens with two attached hydrogens (primary N) is 1. The Bertz CT molecular complexity index is 711. The van der Waals surface area contributed by atoms with Crippen LogP contribution in [0.25, 0.3) is 0 Å². The van der Waals surface area contributed by atoms with Crippen molar-refractivity contribution in [2.75, 3.05) is 11.1 Å². The van der Waals surface area contributed by atoms with Gasteiger partial charge in [0, 0.05) is 12.2 Å². The third kappa shape index (κ3) is 2.92. The van der Waals surface area contributed by atoms with Crippen LogP contribution in [0, 0.1) is 19.7 Å². The van der Waals surface area contributed by atoms with Crippen LogP contribution in [0.2, 0.25) is 0 Å². The summed E-state index contributed by atoms with van der Waals surface area (Å²) in [6.45, 7) is 5.88. The van der Waals surface area contributed by atoms with Gasteiger partial charge in [0.15, 0.2) is 0 Å². The Balaban J connectivity index is 2.37. The molecule has 2 rings (SSSR count). The molecule has 0 fully saturated rings. The van der Waals surface area contributed by atoms with Crippen LogP contribution in [0.1, 0.15) is 28.7 Å². The van der Waals surface area contributed by atoms with E-state index in [2.05, 4.69) is 26.3 Å². The van der Waals surface area contributed by atoms with E-state index >= 15 is 0 Å². The second-order valence-electron chi connectivity index (χ2n) is 4.70. The molecule has 7 heteroatoms. The lowest BCUT2D eigenvalue weighted by Crippen LogP contribution is -2.19. The molecule has 0 atom stereocenters. The van der Waals surface area contributed by atoms with Gasteiger partial charge in [-0.1, -0.05) is 0 Å². The van der Waals surface area contributed by atoms with Crippen LogP contribution < -0.4 is 11.1 Å². The van der Waals surface area contributed by atoms with E-state index in [1.807, 2.05) is 6.92 Å². The lowest BCUT2D eigenvalue weighted by atomic mass is 10.2. The lowest BCUT2D eigenvalue weighted by molar-refractivity contribution is 0.101. The standard InChI is InChI=1S/C14H16BrFN4O/c1-4-20-13(12(17)8(3)19-20)14(21)18-11-6-9(15)10(16)5-7(11)2/h5-6H,4,17H2,1-3H3,(H,18,21). The molecule has 0 spiro atoms. The highest BCUT2D eigenvalue weighted by Gasteiger charge is 2.20. The first kappa shape index (κ1) is 15.5. The molecule has 0 aliphatic rings. The monoisotopic (exact) mass is 354 g/mol. The number of rotatable bonds is 3. The molecule has 0 unspecified atom stereocenters. The third-order valence-electron chi connectivity index (χ3n) is 3.20. The lowest BCUT2D eigenvalue weighted by Gasteiger charge is -2.11. The number of nitrogen functional groups attached to an aromatic ring is 1. The van der Waals surface area contributed by atoms with Gasteiger partial charge in [0.1, 0.15) is 11.5 Å². The van der Waals surface area contributed by atoms with Crippen molar-refractivity contribution in [3.05, 3.63) is 39.4 Å². The maximum absolute atomic E-state index is 13.4. The number of nitrogens with zero attached hydrogens (tertiary/aromatic N) is 2. The number of hydrogen-bond donors (Lipinski definition) is 2. The van der Waals surface area contributed by atoms with Crippen LogP contribution in [0.5, 0.6) is 0 Å². The minimum absolute atomic E-state index is 0.288. The van der Waals surface area contributed by atoms with Gasteiger partial charge in [0.2, 0.25) is 0 Å². The molecule has 0 radical (unpaired) electrons. The fourth-order valence-electron chi connectivity index (χ4n) is 2.03. The van der Waals surface area contributed by atoms with Gasteiger partial charge in [-0.05, 0) is 54.4 Å². The zero-order valence-electron chi connectivity index (χ0n) is 12.0. The van der Waals surface area contributed by atoms with E-state index in [4.69, 9.17) is 5.73 Å². The number of carbonyl (C=O) groups excluding carboxylic acids is 1. The molecular weight excluding hydrogens is 339 g/mol. The summed E-state index contributed by atoms with van der Waals surface area (Å²) in [4.78, 5) is 12.4. The van der Waals surface area contributed by atoms with E-state index < -0.39 is 0 Å². The molecule has 1 aromatic carbocycles. The predicted molar refractivity (Wildman–Crippen MR) is 83.8 cm³/mol. The molecule has 1 aromatic heterocycles. The maximum atomic E-state index is 13.4. The second-order valence-corrected chi connectivity index (χ2v) is 5.55. The van der Waals surface area contributed by atoms with Crippen molar-refractivity contribution in [1.82, 2.24) is 9.78 Å². The van der Waals surface area contributed by atoms with Crippen molar-refractivity contribution in [3.63, 3.8) is 0 Å². The fourth-order valence-corrected chi connectivity index (χ4v) is 2.37. The molecule has 21 heavy (non-hydrogen) atoms. The van der Waals surface area contributed by atoms with E-state index in [-0.39, 0.29) is 16.2 Å². The molecule has 1 heterocycles. The van der Waals surface area contributed by atoms with Gasteiger partial charge >= 0.3 is 0 Å². The van der Waals surface area contributed by atoms with Crippen molar-refractivity contribution in [1.29, 1.82) is 0 Å². The van der Waals surface area contributed by atoms with E-state index in [0.717, 1.165) is 0 Å². The largest absolute Gasteiger partial charge is 0.395 e. The number of benzene rings is 1. The Kier molecular flexibility index (Phi) is 4.32. The quantitative estimate of drug-likeness (QED) is 0.888. The van der Waals surface area contributed by atoms with Crippen molar-refractivity contribution < 1.29 is 9.18 Å². The van der Waals surface area contributed by atoms with Crippen molar-refractivity contribution in [2.24, 2.45) is 0 Å². The molecule has 0 saturated heterocycles. The summed E-state index contributed by atoms with van der Waals surface area (Å²) in [7, 11) is 0. The van der Waals surface area contributed by atoms with Crippen LogP contribution in [-0.2, 0) is 6.54 Å². The van der Waals surface area contributed by atoms with Crippen LogP contribution in [0.4, 0.5) is 15.8 Å². The summed E-state index contributed by atoms with van der Waals surface area (Å²) in [5.74, 6) is -0.740. The zero-order chi connectivity index (χ0) is 15.7. The number of halogens is 2. The van der Waals surface area contributed by atoms with Gasteiger partial charge in [0.05, 0.1) is 15.9 Å². The number of amides is 1. The van der Waals surface area contributed by atoms with E-state index in [1.165, 1.54) is 12.1 Å². The molecule has 0 aliphatic carbocycles. The van der Waals surface area contributed by atoms with Crippen LogP contribution in [0.15, 0.2) is 16.6 Å². The number of aromatic nitrogens is 2. The maximum Gasteiger partial charge on any atom is 0.276 e. The molecule has 0 aliphatic heterocycles. The van der Waals surface area contributed by atoms with Crippen LogP contribution in [0.3, 0.4) is 0 Å². The van der Waals surface area contributed by atoms with Gasteiger partial charge in [-0.2, -0.15) is 5.10 Å². The average molecular weight is 355 g/mol. The number of nitrogens with one attached hydrogen (secondary N) is 1. The molecule has 112 valence electrons. The topological polar surface area (TPSA) is 72.9 Å². The van der Waals surface area contributed by atoms with E-state index in [9.17, 15) is 9.18 Å². The first-order valence-corrected chi connectivity index (χ1v) is 7.24. The van der Waals surface area contributed by atoms with Gasteiger partial charge in [-0.15, -0.1) is 0 Å². The van der Waals surface area contributed by atoms with Crippen molar-refractivity contribution in [2.45, 2.75) is 27.3 Å². The Labute approximate surface area is 130 Å². The first-order valence-electron chi connectivity index (χ1n) is 6.45. The van der Waals surface area contributed by atoms with Gasteiger partial charge in [-0.3, -0.25) is 9.48 Å². The summed E-state index contributed by atoms with van der Waals surface area (Å²) in [5.41, 5.74) is 8.34. The molecule has 0 bridgehead atoms. The highest BCUT2D eigenvalue weighted by Crippen LogP contribution is 2.25. The Morgan fingerprint density at radius 1 is 1.48 bits per heavy atom. The summed E-state index contributed by atoms with van der Waals surface area (Å²) in [6.07, 6.45) is 0. The second kappa shape index (κ2) is 5.85. The number of anilines is 2. The van der Waals surface area contributed by atoms with Crippen LogP contribution in [-0.4, -0.2) is 15.7 Å². The molecule has 3 N–H and O–H groups in total. The number of hydrogen-bond acceptors (Lipinski definition) is 3. The van der Waals surface area contributed by atoms with E-state index in [0.29, 0.717) is 34.9 Å². The summed E-state index contributed by atoms with van der Waals surface area (Å²) in [5, 5.41) is 6.95. The normalized spacial score (nSPS) is 10.7. The summed E-state index contributed by atoms with van der Waals surface area (Å²) >= 11 is 3.10. The Morgan fingerprint density at radius 3 is 2.76 bits per heavy atom. The minimum atomic E-state index is -0.376. The molecule has 1 amide bonds. The molecule has 5 nitrogen and oxygen atoms in total. The average Bonchev–Trinajstić information content (AvgIpc) is 2.71. The SMILES string of the molecule is CCn1nc(C)c(N)c1C(=O)Nc1cc(Br)c(F)cc1C. The van der Waals surface area contributed by atoms with Crippen molar-refractivity contribution in [3.8, 4) is 0 Å². The van der Waals surface area contributed by atoms with E-state index in [1.54, 1.807) is 18.5 Å². The molecule has 0 saturated carbocycles. The van der Waals surface area contributed by atoms with Gasteiger partial charge in [0.25, 0.3) is 5.91 Å². The van der Waals surface area contributed by atoms with Crippen LogP contribution >= 0.6 is 15.9 Å². The highest BCUT2D eigenvalue weighted by molar-refractivity contribution is 9.10. The van der Waals surface area contributed by atoms with Gasteiger partial charge in [-0.25, -0.2) is 4.39 Å². The Morgan fingerprint density at radius 2 is 2.14 bits per heavy atom. The summed E-state index contributed by atoms with van der Waals surface area (Å²) < 4.78 is 15.3. The third-order valence-corrected chi connectivity index (χ3v) is 3.81.